The molecule has 0 aliphatic rings. The minimum atomic E-state index is -0.146. The Morgan fingerprint density at radius 1 is 1.05 bits per heavy atom. The van der Waals surface area contributed by atoms with E-state index in [4.69, 9.17) is 18.6 Å². The van der Waals surface area contributed by atoms with Gasteiger partial charge in [-0.05, 0) is 66.1 Å². The Kier molecular flexibility index (Phi) is 6.61. The Morgan fingerprint density at radius 3 is 2.70 bits per heavy atom. The van der Waals surface area contributed by atoms with Gasteiger partial charge in [-0.15, -0.1) is 5.10 Å². The number of hydrogen-bond donors (Lipinski definition) is 1. The van der Waals surface area contributed by atoms with Gasteiger partial charge in [0.05, 0.1) is 25.8 Å². The first-order chi connectivity index (χ1) is 19.4. The van der Waals surface area contributed by atoms with Crippen LogP contribution in [0.5, 0.6) is 16.7 Å². The summed E-state index contributed by atoms with van der Waals surface area (Å²) in [4.78, 5) is 18.2. The average Bonchev–Trinajstić information content (AvgIpc) is 3.66. The first-order valence-electron chi connectivity index (χ1n) is 12.5. The van der Waals surface area contributed by atoms with Crippen LogP contribution < -0.4 is 19.5 Å². The molecule has 3 aromatic heterocycles. The molecule has 6 rings (SSSR count). The van der Waals surface area contributed by atoms with Crippen LogP contribution in [0.25, 0.3) is 27.4 Å². The number of ether oxygens (including phenoxy) is 3. The van der Waals surface area contributed by atoms with E-state index in [1.165, 1.54) is 11.3 Å². The Hall–Kier alpha value is -4.83. The molecule has 0 aliphatic heterocycles. The van der Waals surface area contributed by atoms with E-state index in [9.17, 15) is 4.79 Å². The number of furan rings is 1. The molecule has 0 saturated carbocycles. The summed E-state index contributed by atoms with van der Waals surface area (Å²) in [5.74, 6) is 1.65. The zero-order chi connectivity index (χ0) is 27.8. The Balaban J connectivity index is 1.23. The fraction of sp³-hybridized carbons (Fsp3) is 0.167. The Labute approximate surface area is 233 Å². The lowest BCUT2D eigenvalue weighted by molar-refractivity contribution is 0.102. The number of aromatic nitrogens is 3. The number of nitrogens with one attached hydrogen (secondary N) is 1. The number of carbonyl (C=O) groups is 1. The maximum absolute atomic E-state index is 12.9. The molecule has 10 heteroatoms. The molecule has 0 radical (unpaired) electrons. The van der Waals surface area contributed by atoms with Crippen LogP contribution in [0.3, 0.4) is 0 Å². The highest BCUT2D eigenvalue weighted by molar-refractivity contribution is 7.18. The fourth-order valence-electron chi connectivity index (χ4n) is 4.42. The summed E-state index contributed by atoms with van der Waals surface area (Å²) < 4.78 is 24.7. The third kappa shape index (κ3) is 4.85. The second kappa shape index (κ2) is 10.4. The quantitative estimate of drug-likeness (QED) is 0.224. The van der Waals surface area contributed by atoms with Gasteiger partial charge < -0.3 is 23.9 Å². The predicted octanol–water partition coefficient (Wildman–Crippen LogP) is 6.67. The van der Waals surface area contributed by atoms with Gasteiger partial charge in [-0.3, -0.25) is 4.79 Å². The predicted molar refractivity (Wildman–Crippen MR) is 154 cm³/mol. The molecule has 3 heterocycles. The summed E-state index contributed by atoms with van der Waals surface area (Å²) in [7, 11) is 3.17. The van der Waals surface area contributed by atoms with Crippen LogP contribution in [-0.4, -0.2) is 34.7 Å². The molecule has 0 atom stereocenters. The van der Waals surface area contributed by atoms with Crippen molar-refractivity contribution in [3.63, 3.8) is 0 Å². The highest BCUT2D eigenvalue weighted by Crippen LogP contribution is 2.37. The molecular weight excluding hydrogens is 528 g/mol. The number of carbonyl (C=O) groups excluding carboxylic acids is 1. The van der Waals surface area contributed by atoms with Crippen molar-refractivity contribution in [1.29, 1.82) is 0 Å². The van der Waals surface area contributed by atoms with Crippen molar-refractivity contribution in [3.05, 3.63) is 89.1 Å². The molecular formula is C30H26N4O5S. The Bertz CT molecular complexity index is 1840. The number of aryl methyl sites for hydroxylation is 1. The molecule has 6 aromatic rings. The number of rotatable bonds is 8. The minimum Gasteiger partial charge on any atom is -0.496 e. The summed E-state index contributed by atoms with van der Waals surface area (Å²) in [5, 5.41) is 8.65. The van der Waals surface area contributed by atoms with Crippen molar-refractivity contribution in [2.24, 2.45) is 0 Å². The topological polar surface area (TPSA) is 100 Å². The summed E-state index contributed by atoms with van der Waals surface area (Å²) in [5.41, 5.74) is 5.55. The lowest BCUT2D eigenvalue weighted by atomic mass is 10.0. The van der Waals surface area contributed by atoms with E-state index in [1.54, 1.807) is 24.9 Å². The van der Waals surface area contributed by atoms with E-state index in [2.05, 4.69) is 15.4 Å². The van der Waals surface area contributed by atoms with Crippen LogP contribution in [0.1, 0.15) is 27.0 Å². The monoisotopic (exact) mass is 554 g/mol. The number of nitrogens with zero attached hydrogens (tertiary/aromatic N) is 3. The molecule has 202 valence electrons. The maximum atomic E-state index is 12.9. The summed E-state index contributed by atoms with van der Waals surface area (Å²) in [6, 6.07) is 18.9. The number of hydrogen-bond acceptors (Lipinski definition) is 8. The van der Waals surface area contributed by atoms with Crippen molar-refractivity contribution in [3.8, 4) is 28.1 Å². The van der Waals surface area contributed by atoms with E-state index in [1.807, 2.05) is 74.5 Å². The van der Waals surface area contributed by atoms with Crippen molar-refractivity contribution in [2.75, 3.05) is 19.5 Å². The summed E-state index contributed by atoms with van der Waals surface area (Å²) >= 11 is 1.35. The third-order valence-corrected chi connectivity index (χ3v) is 7.57. The van der Waals surface area contributed by atoms with E-state index in [-0.39, 0.29) is 12.5 Å². The molecule has 0 aliphatic carbocycles. The van der Waals surface area contributed by atoms with Crippen LogP contribution in [0.4, 0.5) is 5.69 Å². The molecule has 0 fully saturated rings. The number of fused-ring (bicyclic) bond motifs is 2. The van der Waals surface area contributed by atoms with Crippen LogP contribution >= 0.6 is 11.3 Å². The third-order valence-electron chi connectivity index (χ3n) is 6.69. The molecule has 3 aromatic carbocycles. The molecule has 0 bridgehead atoms. The number of anilines is 1. The van der Waals surface area contributed by atoms with Crippen LogP contribution in [-0.2, 0) is 6.61 Å². The van der Waals surface area contributed by atoms with Gasteiger partial charge in [0.1, 0.15) is 29.4 Å². The van der Waals surface area contributed by atoms with Gasteiger partial charge >= 0.3 is 0 Å². The highest BCUT2D eigenvalue weighted by atomic mass is 32.1. The molecule has 0 spiro atoms. The number of imidazole rings is 1. The summed E-state index contributed by atoms with van der Waals surface area (Å²) in [6.07, 6.45) is 1.79. The van der Waals surface area contributed by atoms with Gasteiger partial charge in [-0.1, -0.05) is 24.3 Å². The first-order valence-corrected chi connectivity index (χ1v) is 13.3. The number of methoxy groups -OCH3 is 2. The smallest absolute Gasteiger partial charge is 0.294 e. The van der Waals surface area contributed by atoms with Gasteiger partial charge in [-0.2, -0.15) is 0 Å². The minimum absolute atomic E-state index is 0.146. The second-order valence-electron chi connectivity index (χ2n) is 9.26. The second-order valence-corrected chi connectivity index (χ2v) is 10.2. The zero-order valence-electron chi connectivity index (χ0n) is 22.3. The SMILES string of the molecule is COc1cc(OCc2cccc(NC(=O)c3cccc(C)c3C)c2)c2cc(-c3cn4nc(OC)sc4n3)oc2c1. The van der Waals surface area contributed by atoms with Gasteiger partial charge in [0, 0.05) is 23.4 Å². The molecule has 1 amide bonds. The van der Waals surface area contributed by atoms with Gasteiger partial charge in [-0.25, -0.2) is 9.50 Å². The van der Waals surface area contributed by atoms with E-state index < -0.39 is 0 Å². The lowest BCUT2D eigenvalue weighted by Gasteiger charge is -2.12. The maximum Gasteiger partial charge on any atom is 0.294 e. The largest absolute Gasteiger partial charge is 0.496 e. The number of amides is 1. The standard InChI is InChI=1S/C30H26N4O5S/c1-17-7-5-10-22(18(17)2)28(35)31-20-9-6-8-19(11-20)16-38-25-12-21(36-3)13-26-23(25)14-27(39-26)24-15-34-29(32-24)40-30(33-34)37-4/h5-15H,16H2,1-4H3,(H,31,35). The average molecular weight is 555 g/mol. The van der Waals surface area contributed by atoms with Gasteiger partial charge in [0.25, 0.3) is 11.1 Å². The lowest BCUT2D eigenvalue weighted by Crippen LogP contribution is -2.14. The van der Waals surface area contributed by atoms with Crippen molar-refractivity contribution in [1.82, 2.24) is 14.6 Å². The van der Waals surface area contributed by atoms with Crippen molar-refractivity contribution in [2.45, 2.75) is 20.5 Å². The first kappa shape index (κ1) is 25.4. The molecule has 40 heavy (non-hydrogen) atoms. The molecule has 1 N–H and O–H groups in total. The van der Waals surface area contributed by atoms with Gasteiger partial charge in [0.15, 0.2) is 5.76 Å². The molecule has 9 nitrogen and oxygen atoms in total. The van der Waals surface area contributed by atoms with E-state index in [0.29, 0.717) is 49.9 Å². The van der Waals surface area contributed by atoms with Crippen LogP contribution in [0.15, 0.2) is 71.3 Å². The van der Waals surface area contributed by atoms with Crippen LogP contribution in [0, 0.1) is 13.8 Å². The van der Waals surface area contributed by atoms with Gasteiger partial charge in [0.2, 0.25) is 4.96 Å². The van der Waals surface area contributed by atoms with Crippen molar-refractivity contribution >= 4 is 38.9 Å². The summed E-state index contributed by atoms with van der Waals surface area (Å²) in [6.45, 7) is 4.23. The number of benzene rings is 3. The zero-order valence-corrected chi connectivity index (χ0v) is 23.2. The van der Waals surface area contributed by atoms with Crippen molar-refractivity contribution < 1.29 is 23.4 Å². The molecule has 0 saturated heterocycles. The highest BCUT2D eigenvalue weighted by Gasteiger charge is 2.17. The van der Waals surface area contributed by atoms with E-state index in [0.717, 1.165) is 22.1 Å². The normalized spacial score (nSPS) is 11.2. The fourth-order valence-corrected chi connectivity index (χ4v) is 5.12. The van der Waals surface area contributed by atoms with Crippen LogP contribution in [0.2, 0.25) is 0 Å². The molecule has 0 unspecified atom stereocenters. The van der Waals surface area contributed by atoms with E-state index >= 15 is 0 Å². The Morgan fingerprint density at radius 2 is 1.90 bits per heavy atom.